The van der Waals surface area contributed by atoms with Crippen molar-refractivity contribution in [1.82, 2.24) is 0 Å². The first-order valence-corrected chi connectivity index (χ1v) is 17.5. The van der Waals surface area contributed by atoms with Crippen LogP contribution in [0.4, 0.5) is 0 Å². The lowest BCUT2D eigenvalue weighted by atomic mass is 11.8. The van der Waals surface area contributed by atoms with Gasteiger partial charge in [-0.05, 0) is 0 Å². The van der Waals surface area contributed by atoms with Crippen molar-refractivity contribution in [2.75, 3.05) is 0 Å². The zero-order valence-corrected chi connectivity index (χ0v) is 13.2. The van der Waals surface area contributed by atoms with Gasteiger partial charge in [0, 0.05) is 0 Å². The van der Waals surface area contributed by atoms with E-state index in [1.165, 1.54) is 0 Å². The molecule has 0 aromatic heterocycles. The molecule has 0 aliphatic carbocycles. The summed E-state index contributed by atoms with van der Waals surface area (Å²) in [6.07, 6.45) is 0. The van der Waals surface area contributed by atoms with Crippen molar-refractivity contribution in [2.45, 2.75) is 19.6 Å². The van der Waals surface area contributed by atoms with Crippen LogP contribution in [-0.2, 0) is 0 Å². The van der Waals surface area contributed by atoms with Crippen LogP contribution in [-0.4, -0.2) is 18.8 Å². The van der Waals surface area contributed by atoms with Crippen molar-refractivity contribution in [3.63, 3.8) is 0 Å². The zero-order chi connectivity index (χ0) is 9.50. The topological polar surface area (TPSA) is 0 Å². The van der Waals surface area contributed by atoms with E-state index in [1.54, 1.807) is 0 Å². The van der Waals surface area contributed by atoms with Gasteiger partial charge in [0.15, 0.2) is 0 Å². The highest BCUT2D eigenvalue weighted by Gasteiger charge is 2.60. The average molecular weight is 307 g/mol. The van der Waals surface area contributed by atoms with Crippen molar-refractivity contribution in [2.24, 2.45) is 0 Å². The normalized spacial score (nSPS) is 15.3. The van der Waals surface area contributed by atoms with E-state index in [0.29, 0.717) is 0 Å². The summed E-state index contributed by atoms with van der Waals surface area (Å²) in [7, 11) is -1.68. The summed E-state index contributed by atoms with van der Waals surface area (Å²) < 4.78 is 0. The summed E-state index contributed by atoms with van der Waals surface area (Å²) in [6.45, 7) is 6.11. The van der Waals surface area contributed by atoms with Gasteiger partial charge in [0.25, 0.3) is 5.73 Å². The molecule has 0 saturated heterocycles. The molecule has 0 rings (SSSR count). The van der Waals surface area contributed by atoms with Gasteiger partial charge in [-0.3, -0.25) is 0 Å². The highest BCUT2D eigenvalue weighted by atomic mass is 35.9. The van der Waals surface area contributed by atoms with Crippen LogP contribution in [0.2, 0.25) is 19.6 Å². The van der Waals surface area contributed by atoms with Gasteiger partial charge in [0.05, 0.1) is 7.59 Å². The van der Waals surface area contributed by atoms with E-state index in [9.17, 15) is 0 Å². The Bertz CT molecular complexity index is 128. The summed E-state index contributed by atoms with van der Waals surface area (Å²) in [5.41, 5.74) is -5.46. The first-order valence-electron chi connectivity index (χ1n) is 2.94. The zero-order valence-electron chi connectivity index (χ0n) is 6.39. The van der Waals surface area contributed by atoms with Gasteiger partial charge in [-0.15, -0.1) is 55.4 Å². The molecule has 0 aliphatic heterocycles. The molecule has 0 heterocycles. The van der Waals surface area contributed by atoms with Crippen LogP contribution in [0, 0.1) is 0 Å². The van der Waals surface area contributed by atoms with Crippen LogP contribution < -0.4 is 0 Å². The lowest BCUT2D eigenvalue weighted by Gasteiger charge is -2.33. The Morgan fingerprint density at radius 2 is 1.00 bits per heavy atom. The molecule has 0 aliphatic rings. The molecule has 0 aromatic carbocycles. The summed E-state index contributed by atoms with van der Waals surface area (Å²) in [6, 6.07) is 0. The van der Waals surface area contributed by atoms with Crippen molar-refractivity contribution in [3.8, 4) is 0 Å². The Morgan fingerprint density at radius 3 is 1.00 bits per heavy atom. The van der Waals surface area contributed by atoms with Crippen molar-refractivity contribution < 1.29 is 0 Å². The molecule has 0 nitrogen and oxygen atoms in total. The molecule has 0 bridgehead atoms. The minimum absolute atomic E-state index is 1.68. The lowest BCUT2D eigenvalue weighted by Crippen LogP contribution is -2.61. The summed E-state index contributed by atoms with van der Waals surface area (Å²) in [5, 5.41) is 0. The SMILES string of the molecule is C[Si](C)(C)[Si](Cl)(Cl)[Si](Cl)(Cl)Cl. The Hall–Kier alpha value is 2.10. The molecule has 0 saturated carbocycles. The Kier molecular flexibility index (Phi) is 4.40. The second kappa shape index (κ2) is 3.69. The van der Waals surface area contributed by atoms with Crippen molar-refractivity contribution in [3.05, 3.63) is 0 Å². The van der Waals surface area contributed by atoms with Gasteiger partial charge in [0.1, 0.15) is 0 Å². The fourth-order valence-electron chi connectivity index (χ4n) is 0.425. The third-order valence-electron chi connectivity index (χ3n) is 1.30. The maximum Gasteiger partial charge on any atom is 0.355 e. The fourth-order valence-corrected chi connectivity index (χ4v) is 34.4. The monoisotopic (exact) mass is 304 g/mol. The molecule has 0 atom stereocenters. The second-order valence-electron chi connectivity index (χ2n) is 3.32. The van der Waals surface area contributed by atoms with Gasteiger partial charge < -0.3 is 0 Å². The molecule has 0 N–H and O–H groups in total. The van der Waals surface area contributed by atoms with E-state index in [0.717, 1.165) is 0 Å². The van der Waals surface area contributed by atoms with E-state index in [-0.39, 0.29) is 0 Å². The molecule has 0 spiro atoms. The molecule has 0 fully saturated rings. The van der Waals surface area contributed by atoms with Crippen molar-refractivity contribution >= 4 is 74.2 Å². The third-order valence-corrected chi connectivity index (χ3v) is 54.3. The van der Waals surface area contributed by atoms with E-state index in [4.69, 9.17) is 55.4 Å². The molecule has 68 valence electrons. The molecular weight excluding hydrogens is 298 g/mol. The minimum atomic E-state index is -2.87. The third kappa shape index (κ3) is 3.06. The van der Waals surface area contributed by atoms with Gasteiger partial charge in [-0.1, -0.05) is 19.6 Å². The molecule has 0 aromatic rings. The van der Waals surface area contributed by atoms with Gasteiger partial charge >= 0.3 is 5.52 Å². The van der Waals surface area contributed by atoms with Crippen LogP contribution in [0.1, 0.15) is 0 Å². The number of hydrogen-bond acceptors (Lipinski definition) is 0. The van der Waals surface area contributed by atoms with Gasteiger partial charge in [0.2, 0.25) is 0 Å². The van der Waals surface area contributed by atoms with Crippen LogP contribution in [0.15, 0.2) is 0 Å². The highest BCUT2D eigenvalue weighted by Crippen LogP contribution is 2.42. The van der Waals surface area contributed by atoms with Crippen LogP contribution in [0.5, 0.6) is 0 Å². The Labute approximate surface area is 93.2 Å². The van der Waals surface area contributed by atoms with E-state index in [1.807, 2.05) is 19.6 Å². The molecule has 0 radical (unpaired) electrons. The first-order chi connectivity index (χ1) is 4.50. The van der Waals surface area contributed by atoms with Gasteiger partial charge in [-0.25, -0.2) is 0 Å². The average Bonchev–Trinajstić information content (AvgIpc) is 1.58. The number of hydrogen-bond donors (Lipinski definition) is 0. The second-order valence-corrected chi connectivity index (χ2v) is 40.2. The fraction of sp³-hybridized carbons (Fsp3) is 1.00. The van der Waals surface area contributed by atoms with Crippen LogP contribution >= 0.6 is 55.4 Å². The number of halogens is 5. The molecule has 0 unspecified atom stereocenters. The van der Waals surface area contributed by atoms with E-state index in [2.05, 4.69) is 0 Å². The standard InChI is InChI=1S/C3H9Cl5Si3/c1-9(2,3)11(7,8)10(4,5)6/h1-3H3. The van der Waals surface area contributed by atoms with Gasteiger partial charge in [-0.2, -0.15) is 0 Å². The maximum atomic E-state index is 6.12. The van der Waals surface area contributed by atoms with E-state index < -0.39 is 18.8 Å². The van der Waals surface area contributed by atoms with Crippen molar-refractivity contribution in [1.29, 1.82) is 0 Å². The predicted octanol–water partition coefficient (Wildman–Crippen LogP) is 4.06. The Balaban J connectivity index is 4.75. The quantitative estimate of drug-likeness (QED) is 0.533. The largest absolute Gasteiger partial charge is 0.355 e. The van der Waals surface area contributed by atoms with Crippen LogP contribution in [0.25, 0.3) is 0 Å². The first kappa shape index (κ1) is 13.1. The Morgan fingerprint density at radius 1 is 0.727 bits per heavy atom. The van der Waals surface area contributed by atoms with E-state index >= 15 is 0 Å². The number of rotatable bonds is 2. The highest BCUT2D eigenvalue weighted by molar-refractivity contribution is 8.13. The summed E-state index contributed by atoms with van der Waals surface area (Å²) >= 11 is 29.7. The lowest BCUT2D eigenvalue weighted by molar-refractivity contribution is 1.86. The molecule has 0 amide bonds. The molecule has 8 heteroatoms. The summed E-state index contributed by atoms with van der Waals surface area (Å²) in [5.74, 6) is 0. The molecular formula is C3H9Cl5Si3. The van der Waals surface area contributed by atoms with Crippen LogP contribution in [0.3, 0.4) is 0 Å². The predicted molar refractivity (Wildman–Crippen MR) is 64.1 cm³/mol. The molecule has 11 heavy (non-hydrogen) atoms. The summed E-state index contributed by atoms with van der Waals surface area (Å²) in [4.78, 5) is 0. The smallest absolute Gasteiger partial charge is 0.149 e. The maximum absolute atomic E-state index is 6.12. The minimum Gasteiger partial charge on any atom is -0.149 e.